The van der Waals surface area contributed by atoms with E-state index in [1.165, 1.54) is 19.2 Å². The SMILES string of the molecule is COc1cccc(S(=O)(=O)CCC(N)C(=O)Nc2ccccc2)c1. The zero-order chi connectivity index (χ0) is 17.6. The van der Waals surface area contributed by atoms with Gasteiger partial charge in [0.15, 0.2) is 9.84 Å². The number of nitrogens with one attached hydrogen (secondary N) is 1. The van der Waals surface area contributed by atoms with Gasteiger partial charge in [0.25, 0.3) is 0 Å². The molecular formula is C17H20N2O4S. The number of hydrogen-bond acceptors (Lipinski definition) is 5. The molecule has 3 N–H and O–H groups in total. The van der Waals surface area contributed by atoms with Crippen molar-refractivity contribution >= 4 is 21.4 Å². The monoisotopic (exact) mass is 348 g/mol. The Labute approximate surface area is 141 Å². The number of anilines is 1. The third-order valence-corrected chi connectivity index (χ3v) is 5.22. The van der Waals surface area contributed by atoms with Gasteiger partial charge in [-0.25, -0.2) is 8.42 Å². The highest BCUT2D eigenvalue weighted by molar-refractivity contribution is 7.91. The van der Waals surface area contributed by atoms with Gasteiger partial charge in [-0.05, 0) is 36.8 Å². The standard InChI is InChI=1S/C17H20N2O4S/c1-23-14-8-5-9-15(12-14)24(21,22)11-10-16(18)17(20)19-13-6-3-2-4-7-13/h2-9,12,16H,10-11,18H2,1H3,(H,19,20). The molecule has 0 saturated carbocycles. The highest BCUT2D eigenvalue weighted by atomic mass is 32.2. The smallest absolute Gasteiger partial charge is 0.241 e. The van der Waals surface area contributed by atoms with Gasteiger partial charge in [0.1, 0.15) is 5.75 Å². The second-order valence-corrected chi connectivity index (χ2v) is 7.36. The average molecular weight is 348 g/mol. The molecule has 2 aromatic rings. The maximum Gasteiger partial charge on any atom is 0.241 e. The Kier molecular flexibility index (Phi) is 5.94. The third kappa shape index (κ3) is 4.81. The lowest BCUT2D eigenvalue weighted by Crippen LogP contribution is -2.37. The fraction of sp³-hybridized carbons (Fsp3) is 0.235. The summed E-state index contributed by atoms with van der Waals surface area (Å²) < 4.78 is 29.7. The van der Waals surface area contributed by atoms with Crippen LogP contribution in [-0.4, -0.2) is 33.2 Å². The maximum absolute atomic E-state index is 12.3. The van der Waals surface area contributed by atoms with E-state index < -0.39 is 21.8 Å². The van der Waals surface area contributed by atoms with Gasteiger partial charge in [-0.15, -0.1) is 0 Å². The number of para-hydroxylation sites is 1. The van der Waals surface area contributed by atoms with E-state index >= 15 is 0 Å². The summed E-state index contributed by atoms with van der Waals surface area (Å²) in [5.74, 6) is -0.173. The van der Waals surface area contributed by atoms with Crippen LogP contribution in [0.15, 0.2) is 59.5 Å². The van der Waals surface area contributed by atoms with Gasteiger partial charge in [-0.3, -0.25) is 4.79 Å². The summed E-state index contributed by atoms with van der Waals surface area (Å²) >= 11 is 0. The third-order valence-electron chi connectivity index (χ3n) is 3.48. The van der Waals surface area contributed by atoms with E-state index in [4.69, 9.17) is 10.5 Å². The Morgan fingerprint density at radius 1 is 1.17 bits per heavy atom. The number of amides is 1. The number of rotatable bonds is 7. The van der Waals surface area contributed by atoms with Crippen molar-refractivity contribution in [1.82, 2.24) is 0 Å². The minimum atomic E-state index is -3.53. The fourth-order valence-corrected chi connectivity index (χ4v) is 3.46. The van der Waals surface area contributed by atoms with E-state index in [-0.39, 0.29) is 17.1 Å². The molecule has 7 heteroatoms. The topological polar surface area (TPSA) is 98.5 Å². The number of methoxy groups -OCH3 is 1. The first-order chi connectivity index (χ1) is 11.4. The van der Waals surface area contributed by atoms with E-state index in [9.17, 15) is 13.2 Å². The van der Waals surface area contributed by atoms with Crippen LogP contribution in [-0.2, 0) is 14.6 Å². The molecule has 0 aliphatic carbocycles. The highest BCUT2D eigenvalue weighted by Crippen LogP contribution is 2.19. The number of carbonyl (C=O) groups excluding carboxylic acids is 1. The lowest BCUT2D eigenvalue weighted by molar-refractivity contribution is -0.117. The van der Waals surface area contributed by atoms with E-state index in [2.05, 4.69) is 5.32 Å². The molecule has 0 fully saturated rings. The lowest BCUT2D eigenvalue weighted by atomic mass is 10.2. The first-order valence-electron chi connectivity index (χ1n) is 7.40. The predicted molar refractivity (Wildman–Crippen MR) is 92.7 cm³/mol. The van der Waals surface area contributed by atoms with Crippen LogP contribution in [0.2, 0.25) is 0 Å². The van der Waals surface area contributed by atoms with E-state index in [1.54, 1.807) is 36.4 Å². The Morgan fingerprint density at radius 2 is 1.88 bits per heavy atom. The Morgan fingerprint density at radius 3 is 2.54 bits per heavy atom. The molecule has 0 spiro atoms. The maximum atomic E-state index is 12.3. The first-order valence-corrected chi connectivity index (χ1v) is 9.06. The van der Waals surface area contributed by atoms with Crippen molar-refractivity contribution in [3.8, 4) is 5.75 Å². The zero-order valence-corrected chi connectivity index (χ0v) is 14.1. The average Bonchev–Trinajstić information content (AvgIpc) is 2.60. The van der Waals surface area contributed by atoms with Gasteiger partial charge in [0.05, 0.1) is 23.8 Å². The second-order valence-electron chi connectivity index (χ2n) is 5.25. The van der Waals surface area contributed by atoms with Crippen molar-refractivity contribution < 1.29 is 17.9 Å². The summed E-state index contributed by atoms with van der Waals surface area (Å²) in [4.78, 5) is 12.2. The van der Waals surface area contributed by atoms with Crippen LogP contribution in [0.1, 0.15) is 6.42 Å². The molecule has 2 aromatic carbocycles. The Hall–Kier alpha value is -2.38. The molecule has 0 aromatic heterocycles. The second kappa shape index (κ2) is 7.94. The number of ether oxygens (including phenoxy) is 1. The molecule has 128 valence electrons. The summed E-state index contributed by atoms with van der Waals surface area (Å²) in [7, 11) is -2.07. The molecule has 24 heavy (non-hydrogen) atoms. The van der Waals surface area contributed by atoms with Gasteiger partial charge in [-0.1, -0.05) is 24.3 Å². The van der Waals surface area contributed by atoms with Crippen molar-refractivity contribution in [2.45, 2.75) is 17.4 Å². The number of hydrogen-bond donors (Lipinski definition) is 2. The molecule has 0 radical (unpaired) electrons. The van der Waals surface area contributed by atoms with Crippen molar-refractivity contribution in [3.63, 3.8) is 0 Å². The van der Waals surface area contributed by atoms with Gasteiger partial charge < -0.3 is 15.8 Å². The van der Waals surface area contributed by atoms with E-state index in [0.717, 1.165) is 0 Å². The quantitative estimate of drug-likeness (QED) is 0.795. The molecule has 6 nitrogen and oxygen atoms in total. The molecule has 0 bridgehead atoms. The van der Waals surface area contributed by atoms with Crippen LogP contribution >= 0.6 is 0 Å². The summed E-state index contributed by atoms with van der Waals surface area (Å²) in [6.45, 7) is 0. The first kappa shape index (κ1) is 18.0. The molecule has 0 aliphatic heterocycles. The van der Waals surface area contributed by atoms with Gasteiger partial charge >= 0.3 is 0 Å². The van der Waals surface area contributed by atoms with Crippen LogP contribution in [0.25, 0.3) is 0 Å². The minimum Gasteiger partial charge on any atom is -0.497 e. The van der Waals surface area contributed by atoms with Gasteiger partial charge in [0, 0.05) is 5.69 Å². The van der Waals surface area contributed by atoms with Crippen molar-refractivity contribution in [2.24, 2.45) is 5.73 Å². The summed E-state index contributed by atoms with van der Waals surface area (Å²) in [6.07, 6.45) is 0.0260. The largest absolute Gasteiger partial charge is 0.497 e. The van der Waals surface area contributed by atoms with E-state index in [0.29, 0.717) is 11.4 Å². The van der Waals surface area contributed by atoms with Gasteiger partial charge in [-0.2, -0.15) is 0 Å². The number of carbonyl (C=O) groups is 1. The number of nitrogens with two attached hydrogens (primary N) is 1. The molecule has 1 unspecified atom stereocenters. The molecule has 0 aliphatic rings. The minimum absolute atomic E-state index is 0.0260. The fourth-order valence-electron chi connectivity index (χ4n) is 2.08. The van der Waals surface area contributed by atoms with Crippen molar-refractivity contribution in [1.29, 1.82) is 0 Å². The summed E-state index contributed by atoms with van der Waals surface area (Å²) in [5, 5.41) is 2.66. The highest BCUT2D eigenvalue weighted by Gasteiger charge is 2.20. The Bertz CT molecular complexity index is 791. The van der Waals surface area contributed by atoms with Crippen LogP contribution in [0.3, 0.4) is 0 Å². The summed E-state index contributed by atoms with van der Waals surface area (Å²) in [5.41, 5.74) is 6.42. The van der Waals surface area contributed by atoms with Crippen molar-refractivity contribution in [3.05, 3.63) is 54.6 Å². The zero-order valence-electron chi connectivity index (χ0n) is 13.3. The number of benzene rings is 2. The lowest BCUT2D eigenvalue weighted by Gasteiger charge is -2.13. The summed E-state index contributed by atoms with van der Waals surface area (Å²) in [6, 6.07) is 14.2. The van der Waals surface area contributed by atoms with E-state index in [1.807, 2.05) is 6.07 Å². The molecule has 1 amide bonds. The van der Waals surface area contributed by atoms with Crippen molar-refractivity contribution in [2.75, 3.05) is 18.2 Å². The molecular weight excluding hydrogens is 328 g/mol. The molecule has 1 atom stereocenters. The molecule has 0 saturated heterocycles. The molecule has 2 rings (SSSR count). The van der Waals surface area contributed by atoms with Crippen LogP contribution in [0.4, 0.5) is 5.69 Å². The van der Waals surface area contributed by atoms with Gasteiger partial charge in [0.2, 0.25) is 5.91 Å². The number of sulfone groups is 1. The predicted octanol–water partition coefficient (Wildman–Crippen LogP) is 1.82. The normalized spacial score (nSPS) is 12.4. The van der Waals surface area contributed by atoms with Crippen LogP contribution in [0, 0.1) is 0 Å². The molecule has 0 heterocycles. The Balaban J connectivity index is 1.96. The van der Waals surface area contributed by atoms with Crippen LogP contribution in [0.5, 0.6) is 5.75 Å². The van der Waals surface area contributed by atoms with Crippen LogP contribution < -0.4 is 15.8 Å².